The van der Waals surface area contributed by atoms with Crippen LogP contribution in [0.2, 0.25) is 0 Å². The van der Waals surface area contributed by atoms with Gasteiger partial charge in [0.2, 0.25) is 10.0 Å². The molecule has 0 N–H and O–H groups in total. The Bertz CT molecular complexity index is 1120. The van der Waals surface area contributed by atoms with Gasteiger partial charge >= 0.3 is 0 Å². The highest BCUT2D eigenvalue weighted by Gasteiger charge is 2.29. The summed E-state index contributed by atoms with van der Waals surface area (Å²) in [5.41, 5.74) is 3.06. The Labute approximate surface area is 177 Å². The van der Waals surface area contributed by atoms with E-state index < -0.39 is 10.0 Å². The summed E-state index contributed by atoms with van der Waals surface area (Å²) >= 11 is 0. The zero-order valence-corrected chi connectivity index (χ0v) is 18.3. The summed E-state index contributed by atoms with van der Waals surface area (Å²) < 4.78 is 29.2. The van der Waals surface area contributed by atoms with E-state index in [0.717, 1.165) is 29.2 Å². The molecule has 0 bridgehead atoms. The molecule has 0 saturated carbocycles. The third-order valence-corrected chi connectivity index (χ3v) is 7.31. The van der Waals surface area contributed by atoms with Crippen LogP contribution in [0.5, 0.6) is 0 Å². The summed E-state index contributed by atoms with van der Waals surface area (Å²) in [7, 11) is -3.48. The van der Waals surface area contributed by atoms with E-state index in [0.29, 0.717) is 36.9 Å². The van der Waals surface area contributed by atoms with Crippen molar-refractivity contribution < 1.29 is 8.42 Å². The summed E-state index contributed by atoms with van der Waals surface area (Å²) in [4.78, 5) is 2.41. The van der Waals surface area contributed by atoms with Crippen LogP contribution in [0.4, 0.5) is 5.82 Å². The molecule has 0 atom stereocenters. The SMILES string of the molecule is CCc1ccc(S(=O)(=O)N2CCN(c3ccc(-n4nc(C)cc4C)nn3)CC2)cc1. The first kappa shape index (κ1) is 20.5. The number of aryl methyl sites for hydroxylation is 3. The van der Waals surface area contributed by atoms with Crippen LogP contribution in [0.1, 0.15) is 23.9 Å². The number of benzene rings is 1. The van der Waals surface area contributed by atoms with E-state index in [1.54, 1.807) is 21.1 Å². The first-order chi connectivity index (χ1) is 14.4. The number of sulfonamides is 1. The molecular weight excluding hydrogens is 400 g/mol. The van der Waals surface area contributed by atoms with Crippen LogP contribution < -0.4 is 4.90 Å². The minimum atomic E-state index is -3.48. The number of aromatic nitrogens is 4. The third-order valence-electron chi connectivity index (χ3n) is 5.40. The van der Waals surface area contributed by atoms with Crippen molar-refractivity contribution in [1.29, 1.82) is 0 Å². The monoisotopic (exact) mass is 426 g/mol. The highest BCUT2D eigenvalue weighted by atomic mass is 32.2. The highest BCUT2D eigenvalue weighted by Crippen LogP contribution is 2.21. The number of rotatable bonds is 5. The van der Waals surface area contributed by atoms with Gasteiger partial charge in [0, 0.05) is 31.9 Å². The van der Waals surface area contributed by atoms with E-state index in [1.807, 2.05) is 44.2 Å². The van der Waals surface area contributed by atoms with Crippen molar-refractivity contribution in [2.45, 2.75) is 32.1 Å². The fourth-order valence-electron chi connectivity index (χ4n) is 3.66. The topological polar surface area (TPSA) is 84.2 Å². The fourth-order valence-corrected chi connectivity index (χ4v) is 5.09. The van der Waals surface area contributed by atoms with Crippen molar-refractivity contribution >= 4 is 15.8 Å². The van der Waals surface area contributed by atoms with Gasteiger partial charge < -0.3 is 4.90 Å². The maximum Gasteiger partial charge on any atom is 0.243 e. The summed E-state index contributed by atoms with van der Waals surface area (Å²) in [5, 5.41) is 13.1. The minimum absolute atomic E-state index is 0.349. The van der Waals surface area contributed by atoms with Crippen LogP contribution in [0.15, 0.2) is 47.4 Å². The van der Waals surface area contributed by atoms with Crippen LogP contribution >= 0.6 is 0 Å². The van der Waals surface area contributed by atoms with Gasteiger partial charge in [0.1, 0.15) is 0 Å². The second-order valence-electron chi connectivity index (χ2n) is 7.48. The first-order valence-corrected chi connectivity index (χ1v) is 11.5. The maximum atomic E-state index is 12.9. The maximum absolute atomic E-state index is 12.9. The number of hydrogen-bond donors (Lipinski definition) is 0. The molecule has 4 rings (SSSR count). The Morgan fingerprint density at radius 1 is 0.900 bits per heavy atom. The lowest BCUT2D eigenvalue weighted by Gasteiger charge is -2.34. The van der Waals surface area contributed by atoms with Gasteiger partial charge in [-0.05, 0) is 56.2 Å². The molecule has 1 saturated heterocycles. The quantitative estimate of drug-likeness (QED) is 0.623. The molecule has 9 heteroatoms. The summed E-state index contributed by atoms with van der Waals surface area (Å²) in [6.07, 6.45) is 0.887. The number of anilines is 1. The molecule has 1 aliphatic heterocycles. The van der Waals surface area contributed by atoms with E-state index >= 15 is 0 Å². The smallest absolute Gasteiger partial charge is 0.243 e. The summed E-state index contributed by atoms with van der Waals surface area (Å²) in [6.45, 7) is 7.94. The first-order valence-electron chi connectivity index (χ1n) is 10.1. The average Bonchev–Trinajstić information content (AvgIpc) is 3.12. The molecule has 0 unspecified atom stereocenters. The molecule has 8 nitrogen and oxygen atoms in total. The van der Waals surface area contributed by atoms with E-state index in [1.165, 1.54) is 0 Å². The van der Waals surface area contributed by atoms with Gasteiger partial charge in [-0.15, -0.1) is 10.2 Å². The van der Waals surface area contributed by atoms with Gasteiger partial charge in [-0.25, -0.2) is 13.1 Å². The van der Waals surface area contributed by atoms with Crippen LogP contribution in [-0.4, -0.2) is 58.9 Å². The fraction of sp³-hybridized carbons (Fsp3) is 0.381. The predicted molar refractivity (Wildman–Crippen MR) is 115 cm³/mol. The van der Waals surface area contributed by atoms with E-state index in [-0.39, 0.29) is 0 Å². The summed E-state index contributed by atoms with van der Waals surface area (Å²) in [6, 6.07) is 12.9. The van der Waals surface area contributed by atoms with Gasteiger partial charge in [-0.1, -0.05) is 19.1 Å². The Morgan fingerprint density at radius 3 is 2.07 bits per heavy atom. The molecule has 3 aromatic rings. The second-order valence-corrected chi connectivity index (χ2v) is 9.42. The molecule has 0 aliphatic carbocycles. The highest BCUT2D eigenvalue weighted by molar-refractivity contribution is 7.89. The summed E-state index contributed by atoms with van der Waals surface area (Å²) in [5.74, 6) is 1.41. The molecule has 0 radical (unpaired) electrons. The number of hydrogen-bond acceptors (Lipinski definition) is 6. The molecule has 1 aromatic carbocycles. The Morgan fingerprint density at radius 2 is 1.53 bits per heavy atom. The standard InChI is InChI=1S/C21H26N6O2S/c1-4-18-5-7-19(8-6-18)30(28,29)26-13-11-25(12-14-26)20-9-10-21(23-22-20)27-17(3)15-16(2)24-27/h5-10,15H,4,11-14H2,1-3H3. The lowest BCUT2D eigenvalue weighted by molar-refractivity contribution is 0.383. The molecule has 0 amide bonds. The molecule has 158 valence electrons. The zero-order valence-electron chi connectivity index (χ0n) is 17.5. The largest absolute Gasteiger partial charge is 0.352 e. The number of nitrogens with zero attached hydrogens (tertiary/aromatic N) is 6. The van der Waals surface area contributed by atoms with Crippen molar-refractivity contribution in [3.63, 3.8) is 0 Å². The van der Waals surface area contributed by atoms with Gasteiger partial charge in [-0.2, -0.15) is 9.40 Å². The van der Waals surface area contributed by atoms with E-state index in [9.17, 15) is 8.42 Å². The van der Waals surface area contributed by atoms with Crippen LogP contribution in [-0.2, 0) is 16.4 Å². The molecule has 0 spiro atoms. The normalized spacial score (nSPS) is 15.5. The van der Waals surface area contributed by atoms with Crippen molar-refractivity contribution in [2.75, 3.05) is 31.1 Å². The molecular formula is C21H26N6O2S. The van der Waals surface area contributed by atoms with Crippen molar-refractivity contribution in [3.8, 4) is 5.82 Å². The molecule has 1 aliphatic rings. The van der Waals surface area contributed by atoms with E-state index in [4.69, 9.17) is 0 Å². The predicted octanol–water partition coefficient (Wildman–Crippen LogP) is 2.35. The van der Waals surface area contributed by atoms with Crippen molar-refractivity contribution in [2.24, 2.45) is 0 Å². The Kier molecular flexibility index (Phi) is 5.57. The average molecular weight is 427 g/mol. The molecule has 30 heavy (non-hydrogen) atoms. The van der Waals surface area contributed by atoms with Gasteiger partial charge in [0.25, 0.3) is 0 Å². The lowest BCUT2D eigenvalue weighted by Crippen LogP contribution is -2.49. The van der Waals surface area contributed by atoms with Crippen molar-refractivity contribution in [3.05, 3.63) is 59.4 Å². The Balaban J connectivity index is 1.43. The van der Waals surface area contributed by atoms with Crippen LogP contribution in [0.3, 0.4) is 0 Å². The van der Waals surface area contributed by atoms with Gasteiger partial charge in [-0.3, -0.25) is 0 Å². The Hall–Kier alpha value is -2.78. The molecule has 3 heterocycles. The second kappa shape index (κ2) is 8.16. The van der Waals surface area contributed by atoms with Gasteiger partial charge in [0.15, 0.2) is 11.6 Å². The molecule has 1 fully saturated rings. The third kappa shape index (κ3) is 3.95. The lowest BCUT2D eigenvalue weighted by atomic mass is 10.2. The minimum Gasteiger partial charge on any atom is -0.352 e. The molecule has 2 aromatic heterocycles. The van der Waals surface area contributed by atoms with Crippen LogP contribution in [0, 0.1) is 13.8 Å². The van der Waals surface area contributed by atoms with Crippen molar-refractivity contribution in [1.82, 2.24) is 24.3 Å². The zero-order chi connectivity index (χ0) is 21.3. The number of piperazine rings is 1. The van der Waals surface area contributed by atoms with Gasteiger partial charge in [0.05, 0.1) is 10.6 Å². The van der Waals surface area contributed by atoms with Crippen LogP contribution in [0.25, 0.3) is 5.82 Å². The van der Waals surface area contributed by atoms with E-state index in [2.05, 4.69) is 27.1 Å².